The van der Waals surface area contributed by atoms with Gasteiger partial charge in [0.05, 0.1) is 17.3 Å². The molecule has 1 fully saturated rings. The summed E-state index contributed by atoms with van der Waals surface area (Å²) in [5, 5.41) is 8.49. The molecule has 4 amide bonds. The molecule has 7 nitrogen and oxygen atoms in total. The minimum Gasteiger partial charge on any atom is -0.336 e. The first kappa shape index (κ1) is 19.0. The molecule has 0 radical (unpaired) electrons. The number of rotatable bonds is 3. The van der Waals surface area contributed by atoms with Gasteiger partial charge in [0.25, 0.3) is 5.91 Å². The lowest BCUT2D eigenvalue weighted by Crippen LogP contribution is -2.54. The van der Waals surface area contributed by atoms with Crippen LogP contribution in [0.1, 0.15) is 30.6 Å². The predicted molar refractivity (Wildman–Crippen MR) is 111 cm³/mol. The van der Waals surface area contributed by atoms with Gasteiger partial charge >= 0.3 is 6.03 Å². The van der Waals surface area contributed by atoms with Gasteiger partial charge in [-0.2, -0.15) is 0 Å². The number of nitrogens with zero attached hydrogens (tertiary/aromatic N) is 1. The van der Waals surface area contributed by atoms with Gasteiger partial charge in [0.1, 0.15) is 6.04 Å². The van der Waals surface area contributed by atoms with Gasteiger partial charge in [-0.1, -0.05) is 36.4 Å². The van der Waals surface area contributed by atoms with E-state index in [1.165, 1.54) is 0 Å². The average Bonchev–Trinajstić information content (AvgIpc) is 3.07. The van der Waals surface area contributed by atoms with E-state index in [1.54, 1.807) is 11.0 Å². The highest BCUT2D eigenvalue weighted by Gasteiger charge is 2.45. The van der Waals surface area contributed by atoms with E-state index < -0.39 is 12.1 Å². The number of carbonyl (C=O) groups is 3. The van der Waals surface area contributed by atoms with Crippen molar-refractivity contribution >= 4 is 23.5 Å². The maximum Gasteiger partial charge on any atom is 0.315 e. The van der Waals surface area contributed by atoms with Crippen molar-refractivity contribution in [3.8, 4) is 11.1 Å². The first-order chi connectivity index (χ1) is 13.9. The van der Waals surface area contributed by atoms with E-state index in [-0.39, 0.29) is 23.9 Å². The van der Waals surface area contributed by atoms with Crippen molar-refractivity contribution in [3.63, 3.8) is 0 Å². The number of fused-ring (bicyclic) bond motifs is 2. The summed E-state index contributed by atoms with van der Waals surface area (Å²) in [4.78, 5) is 39.8. The molecule has 0 bridgehead atoms. The van der Waals surface area contributed by atoms with Crippen molar-refractivity contribution in [2.75, 3.05) is 11.9 Å². The third-order valence-corrected chi connectivity index (χ3v) is 5.28. The maximum absolute atomic E-state index is 13.3. The van der Waals surface area contributed by atoms with Crippen LogP contribution in [0.2, 0.25) is 0 Å². The summed E-state index contributed by atoms with van der Waals surface area (Å²) in [6.07, 6.45) is 0.531. The fourth-order valence-electron chi connectivity index (χ4n) is 3.97. The van der Waals surface area contributed by atoms with E-state index in [2.05, 4.69) is 16.0 Å². The second-order valence-corrected chi connectivity index (χ2v) is 7.73. The van der Waals surface area contributed by atoms with Gasteiger partial charge in [-0.3, -0.25) is 9.59 Å². The Morgan fingerprint density at radius 1 is 1.10 bits per heavy atom. The summed E-state index contributed by atoms with van der Waals surface area (Å²) in [6, 6.07) is 13.8. The molecule has 2 atom stereocenters. The van der Waals surface area contributed by atoms with E-state index in [0.717, 1.165) is 11.1 Å². The van der Waals surface area contributed by atoms with Crippen molar-refractivity contribution in [2.45, 2.75) is 38.4 Å². The van der Waals surface area contributed by atoms with Crippen LogP contribution >= 0.6 is 0 Å². The summed E-state index contributed by atoms with van der Waals surface area (Å²) in [5.74, 6) is -0.480. The number of nitrogens with one attached hydrogen (secondary N) is 3. The Bertz CT molecular complexity index is 958. The standard InChI is InChI=1S/C22H24N4O3/c1-13(2)23-22(29)25-18-10-11-26-19(18)20(27)24-17-9-8-15(12-16(17)21(26)28)14-6-4-3-5-7-14/h3-9,12-13,18-19H,10-11H2,1-2H3,(H,24,27)(H2,23,25,29)/t18-,19+/m1/s1. The minimum absolute atomic E-state index is 0.0160. The average molecular weight is 392 g/mol. The molecule has 0 spiro atoms. The predicted octanol–water partition coefficient (Wildman–Crippen LogP) is 2.60. The van der Waals surface area contributed by atoms with Crippen LogP contribution in [0.3, 0.4) is 0 Å². The van der Waals surface area contributed by atoms with Gasteiger partial charge in [-0.05, 0) is 43.5 Å². The Labute approximate surface area is 169 Å². The third-order valence-electron chi connectivity index (χ3n) is 5.28. The monoisotopic (exact) mass is 392 g/mol. The van der Waals surface area contributed by atoms with Crippen molar-refractivity contribution < 1.29 is 14.4 Å². The Morgan fingerprint density at radius 2 is 1.86 bits per heavy atom. The Balaban J connectivity index is 1.62. The van der Waals surface area contributed by atoms with E-state index in [4.69, 9.17) is 0 Å². The number of benzene rings is 2. The van der Waals surface area contributed by atoms with E-state index in [0.29, 0.717) is 24.2 Å². The second kappa shape index (κ2) is 7.58. The zero-order valence-corrected chi connectivity index (χ0v) is 16.4. The van der Waals surface area contributed by atoms with Crippen molar-refractivity contribution in [3.05, 3.63) is 54.1 Å². The summed E-state index contributed by atoms with van der Waals surface area (Å²) in [6.45, 7) is 4.14. The Morgan fingerprint density at radius 3 is 2.59 bits per heavy atom. The van der Waals surface area contributed by atoms with Crippen LogP contribution in [-0.2, 0) is 4.79 Å². The molecule has 2 aliphatic heterocycles. The van der Waals surface area contributed by atoms with Crippen LogP contribution in [-0.4, -0.2) is 47.4 Å². The number of urea groups is 1. The van der Waals surface area contributed by atoms with Gasteiger partial charge in [-0.25, -0.2) is 4.79 Å². The van der Waals surface area contributed by atoms with Crippen LogP contribution in [0.4, 0.5) is 10.5 Å². The second-order valence-electron chi connectivity index (χ2n) is 7.73. The van der Waals surface area contributed by atoms with Crippen LogP contribution in [0, 0.1) is 0 Å². The fourth-order valence-corrected chi connectivity index (χ4v) is 3.97. The number of carbonyl (C=O) groups excluding carboxylic acids is 3. The molecule has 0 aromatic heterocycles. The SMILES string of the molecule is CC(C)NC(=O)N[C@@H]1CCN2C(=O)c3cc(-c4ccccc4)ccc3NC(=O)[C@H]12. The van der Waals surface area contributed by atoms with Crippen LogP contribution in [0.25, 0.3) is 11.1 Å². The molecule has 1 saturated heterocycles. The van der Waals surface area contributed by atoms with Crippen LogP contribution in [0.15, 0.2) is 48.5 Å². The molecule has 0 unspecified atom stereocenters. The number of hydrogen-bond donors (Lipinski definition) is 3. The normalized spacial score (nSPS) is 20.6. The summed E-state index contributed by atoms with van der Waals surface area (Å²) in [5.41, 5.74) is 2.88. The van der Waals surface area contributed by atoms with Gasteiger partial charge < -0.3 is 20.9 Å². The first-order valence-electron chi connectivity index (χ1n) is 9.82. The highest BCUT2D eigenvalue weighted by Crippen LogP contribution is 2.32. The number of anilines is 1. The third kappa shape index (κ3) is 3.68. The molecule has 2 aromatic carbocycles. The van der Waals surface area contributed by atoms with E-state index in [1.807, 2.05) is 56.3 Å². The lowest BCUT2D eigenvalue weighted by molar-refractivity contribution is -0.120. The quantitative estimate of drug-likeness (QED) is 0.750. The summed E-state index contributed by atoms with van der Waals surface area (Å²) >= 11 is 0. The lowest BCUT2D eigenvalue weighted by Gasteiger charge is -2.25. The van der Waals surface area contributed by atoms with Crippen LogP contribution in [0.5, 0.6) is 0 Å². The fraction of sp³-hybridized carbons (Fsp3) is 0.318. The molecule has 2 aromatic rings. The van der Waals surface area contributed by atoms with E-state index in [9.17, 15) is 14.4 Å². The van der Waals surface area contributed by atoms with Crippen LogP contribution < -0.4 is 16.0 Å². The zero-order valence-electron chi connectivity index (χ0n) is 16.4. The Hall–Kier alpha value is -3.35. The highest BCUT2D eigenvalue weighted by molar-refractivity contribution is 6.11. The van der Waals surface area contributed by atoms with Gasteiger partial charge in [0.2, 0.25) is 5.91 Å². The Kier molecular flexibility index (Phi) is 4.96. The minimum atomic E-state index is -0.729. The van der Waals surface area contributed by atoms with Crippen molar-refractivity contribution in [1.82, 2.24) is 15.5 Å². The molecule has 29 heavy (non-hydrogen) atoms. The molecular weight excluding hydrogens is 368 g/mol. The zero-order chi connectivity index (χ0) is 20.5. The largest absolute Gasteiger partial charge is 0.336 e. The number of amides is 4. The molecule has 2 heterocycles. The van der Waals surface area contributed by atoms with Crippen molar-refractivity contribution in [1.29, 1.82) is 0 Å². The lowest BCUT2D eigenvalue weighted by atomic mass is 10.0. The molecule has 2 aliphatic rings. The molecule has 3 N–H and O–H groups in total. The van der Waals surface area contributed by atoms with Crippen molar-refractivity contribution in [2.24, 2.45) is 0 Å². The molecule has 0 aliphatic carbocycles. The summed E-state index contributed by atoms with van der Waals surface area (Å²) < 4.78 is 0. The molecule has 7 heteroatoms. The van der Waals surface area contributed by atoms with Gasteiger partial charge in [0, 0.05) is 12.6 Å². The number of hydrogen-bond acceptors (Lipinski definition) is 3. The molecule has 4 rings (SSSR count). The highest BCUT2D eigenvalue weighted by atomic mass is 16.2. The first-order valence-corrected chi connectivity index (χ1v) is 9.82. The topological polar surface area (TPSA) is 90.5 Å². The van der Waals surface area contributed by atoms with E-state index >= 15 is 0 Å². The van der Waals surface area contributed by atoms with Gasteiger partial charge in [-0.15, -0.1) is 0 Å². The maximum atomic E-state index is 13.3. The van der Waals surface area contributed by atoms with Gasteiger partial charge in [0.15, 0.2) is 0 Å². The summed E-state index contributed by atoms with van der Waals surface area (Å²) in [7, 11) is 0. The smallest absolute Gasteiger partial charge is 0.315 e. The molecular formula is C22H24N4O3. The molecule has 150 valence electrons. The molecule has 0 saturated carbocycles.